The highest BCUT2D eigenvalue weighted by atomic mass is 19.1. The summed E-state index contributed by atoms with van der Waals surface area (Å²) in [6.45, 7) is -0.786. The summed E-state index contributed by atoms with van der Waals surface area (Å²) in [4.78, 5) is 24.8. The maximum atomic E-state index is 13.7. The minimum absolute atomic E-state index is 0.0637. The topological polar surface area (TPSA) is 64.6 Å². The summed E-state index contributed by atoms with van der Waals surface area (Å²) < 4.78 is 23.7. The summed E-state index contributed by atoms with van der Waals surface area (Å²) in [5, 5.41) is 2.86. The number of carbonyl (C=O) groups excluding carboxylic acids is 2. The third-order valence-electron chi connectivity index (χ3n) is 4.96. The van der Waals surface area contributed by atoms with Crippen LogP contribution in [-0.4, -0.2) is 32.3 Å². The second-order valence-corrected chi connectivity index (χ2v) is 6.45. The Morgan fingerprint density at radius 1 is 1.32 bits per heavy atom. The smallest absolute Gasteiger partial charge is 0.337 e. The van der Waals surface area contributed by atoms with Crippen molar-refractivity contribution in [3.63, 3.8) is 0 Å². The number of halogens is 1. The molecule has 130 valence electrons. The molecular weight excluding hydrogens is 325 g/mol. The van der Waals surface area contributed by atoms with Crippen LogP contribution in [0.15, 0.2) is 46.8 Å². The fourth-order valence-electron chi connectivity index (χ4n) is 3.69. The van der Waals surface area contributed by atoms with Crippen LogP contribution in [0.3, 0.4) is 0 Å². The zero-order chi connectivity index (χ0) is 17.6. The van der Waals surface area contributed by atoms with Crippen LogP contribution in [0.2, 0.25) is 0 Å². The lowest BCUT2D eigenvalue weighted by Gasteiger charge is -2.29. The monoisotopic (exact) mass is 343 g/mol. The molecule has 0 aromatic heterocycles. The minimum atomic E-state index is -0.850. The molecule has 1 aromatic rings. The molecule has 25 heavy (non-hydrogen) atoms. The van der Waals surface area contributed by atoms with Gasteiger partial charge in [0.25, 0.3) is 0 Å². The van der Waals surface area contributed by atoms with Crippen molar-refractivity contribution in [2.75, 3.05) is 20.4 Å². The van der Waals surface area contributed by atoms with Crippen molar-refractivity contribution in [2.45, 2.75) is 24.7 Å². The average Bonchev–Trinajstić information content (AvgIpc) is 3.43. The summed E-state index contributed by atoms with van der Waals surface area (Å²) in [7, 11) is 1.26. The number of ether oxygens (including phenoxy) is 2. The number of esters is 2. The second kappa shape index (κ2) is 6.02. The Balaban J connectivity index is 1.93. The zero-order valence-corrected chi connectivity index (χ0v) is 13.8. The molecule has 0 radical (unpaired) electrons. The van der Waals surface area contributed by atoms with E-state index in [4.69, 9.17) is 9.47 Å². The molecule has 0 unspecified atom stereocenters. The zero-order valence-electron chi connectivity index (χ0n) is 13.8. The third-order valence-corrected chi connectivity index (χ3v) is 4.96. The number of cyclic esters (lactones) is 1. The quantitative estimate of drug-likeness (QED) is 0.851. The molecule has 1 aromatic carbocycles. The minimum Gasteiger partial charge on any atom is -0.466 e. The molecule has 1 fully saturated rings. The van der Waals surface area contributed by atoms with E-state index in [1.165, 1.54) is 7.11 Å². The predicted octanol–water partition coefficient (Wildman–Crippen LogP) is 2.46. The number of carbonyl (C=O) groups is 2. The molecule has 0 amide bonds. The van der Waals surface area contributed by atoms with Gasteiger partial charge in [0.2, 0.25) is 0 Å². The number of dihydropyridines is 1. The number of hydrogen-bond acceptors (Lipinski definition) is 5. The van der Waals surface area contributed by atoms with E-state index in [0.29, 0.717) is 17.2 Å². The van der Waals surface area contributed by atoms with E-state index in [1.54, 1.807) is 0 Å². The van der Waals surface area contributed by atoms with Gasteiger partial charge >= 0.3 is 11.9 Å². The summed E-state index contributed by atoms with van der Waals surface area (Å²) >= 11 is 0. The highest BCUT2D eigenvalue weighted by molar-refractivity contribution is 6.01. The Morgan fingerprint density at radius 3 is 2.68 bits per heavy atom. The largest absolute Gasteiger partial charge is 0.466 e. The molecule has 0 bridgehead atoms. The molecular formula is C19H18FNO4. The van der Waals surface area contributed by atoms with Gasteiger partial charge in [0.05, 0.1) is 35.6 Å². The van der Waals surface area contributed by atoms with Gasteiger partial charge in [-0.25, -0.2) is 14.0 Å². The number of alkyl halides is 1. The van der Waals surface area contributed by atoms with E-state index in [2.05, 4.69) is 5.32 Å². The first kappa shape index (κ1) is 15.9. The maximum absolute atomic E-state index is 13.7. The Bertz CT molecular complexity index is 822. The third kappa shape index (κ3) is 2.52. The predicted molar refractivity (Wildman–Crippen MR) is 87.3 cm³/mol. The molecule has 1 atom stereocenters. The number of allylic oxidation sites excluding steroid dienone is 1. The molecule has 6 heteroatoms. The normalized spacial score (nSPS) is 22.5. The molecule has 1 aliphatic carbocycles. The van der Waals surface area contributed by atoms with Crippen molar-refractivity contribution in [3.05, 3.63) is 57.9 Å². The van der Waals surface area contributed by atoms with Gasteiger partial charge in [0.1, 0.15) is 13.3 Å². The van der Waals surface area contributed by atoms with E-state index in [0.717, 1.165) is 24.0 Å². The van der Waals surface area contributed by atoms with Gasteiger partial charge in [-0.1, -0.05) is 24.3 Å². The average molecular weight is 343 g/mol. The lowest BCUT2D eigenvalue weighted by Crippen LogP contribution is -2.32. The van der Waals surface area contributed by atoms with Gasteiger partial charge in [0.15, 0.2) is 0 Å². The van der Waals surface area contributed by atoms with Gasteiger partial charge in [-0.3, -0.25) is 0 Å². The maximum Gasteiger partial charge on any atom is 0.337 e. The number of hydrogen-bond donors (Lipinski definition) is 1. The first-order valence-electron chi connectivity index (χ1n) is 8.29. The van der Waals surface area contributed by atoms with Crippen LogP contribution in [-0.2, 0) is 19.1 Å². The SMILES string of the molecule is COC(=O)C1=C(CF)NC2=C(C(=O)OC2)[C@H]1c1ccccc1C1CC1. The van der Waals surface area contributed by atoms with Gasteiger partial charge in [-0.05, 0) is 29.9 Å². The Morgan fingerprint density at radius 2 is 2.04 bits per heavy atom. The van der Waals surface area contributed by atoms with E-state index >= 15 is 0 Å². The first-order chi connectivity index (χ1) is 12.2. The highest BCUT2D eigenvalue weighted by Gasteiger charge is 2.44. The second-order valence-electron chi connectivity index (χ2n) is 6.45. The van der Waals surface area contributed by atoms with Crippen LogP contribution in [0.4, 0.5) is 4.39 Å². The Hall–Kier alpha value is -2.63. The van der Waals surface area contributed by atoms with E-state index in [1.807, 2.05) is 24.3 Å². The van der Waals surface area contributed by atoms with Crippen LogP contribution in [0.25, 0.3) is 0 Å². The number of methoxy groups -OCH3 is 1. The van der Waals surface area contributed by atoms with Gasteiger partial charge in [0, 0.05) is 0 Å². The lowest BCUT2D eigenvalue weighted by molar-refractivity contribution is -0.136. The molecule has 2 heterocycles. The van der Waals surface area contributed by atoms with Crippen molar-refractivity contribution < 1.29 is 23.5 Å². The molecule has 5 nitrogen and oxygen atoms in total. The van der Waals surface area contributed by atoms with Crippen molar-refractivity contribution in [1.82, 2.24) is 5.32 Å². The van der Waals surface area contributed by atoms with Gasteiger partial charge in [-0.2, -0.15) is 0 Å². The fraction of sp³-hybridized carbons (Fsp3) is 0.368. The summed E-state index contributed by atoms with van der Waals surface area (Å²) in [6.07, 6.45) is 2.15. The molecule has 0 saturated heterocycles. The van der Waals surface area contributed by atoms with Gasteiger partial charge in [-0.15, -0.1) is 0 Å². The first-order valence-corrected chi connectivity index (χ1v) is 8.29. The van der Waals surface area contributed by atoms with Crippen LogP contribution >= 0.6 is 0 Å². The van der Waals surface area contributed by atoms with Crippen LogP contribution in [0, 0.1) is 0 Å². The van der Waals surface area contributed by atoms with Crippen LogP contribution in [0.5, 0.6) is 0 Å². The summed E-state index contributed by atoms with van der Waals surface area (Å²) in [5.74, 6) is -1.36. The fourth-order valence-corrected chi connectivity index (χ4v) is 3.69. The van der Waals surface area contributed by atoms with E-state index < -0.39 is 24.5 Å². The van der Waals surface area contributed by atoms with E-state index in [-0.39, 0.29) is 17.9 Å². The molecule has 3 aliphatic rings. The van der Waals surface area contributed by atoms with Crippen LogP contribution in [0.1, 0.15) is 35.8 Å². The molecule has 1 N–H and O–H groups in total. The molecule has 2 aliphatic heterocycles. The van der Waals surface area contributed by atoms with Crippen molar-refractivity contribution in [3.8, 4) is 0 Å². The summed E-state index contributed by atoms with van der Waals surface area (Å²) in [5.41, 5.74) is 3.14. The number of rotatable bonds is 4. The van der Waals surface area contributed by atoms with Gasteiger partial charge < -0.3 is 14.8 Å². The lowest BCUT2D eigenvalue weighted by atomic mass is 9.78. The molecule has 0 spiro atoms. The van der Waals surface area contributed by atoms with Crippen LogP contribution < -0.4 is 5.32 Å². The van der Waals surface area contributed by atoms with E-state index in [9.17, 15) is 14.0 Å². The Labute approximate surface area is 144 Å². The Kier molecular flexibility index (Phi) is 3.82. The molecule has 1 saturated carbocycles. The van der Waals surface area contributed by atoms with Crippen molar-refractivity contribution >= 4 is 11.9 Å². The molecule has 4 rings (SSSR count). The highest BCUT2D eigenvalue weighted by Crippen LogP contribution is 2.48. The van der Waals surface area contributed by atoms with Crippen molar-refractivity contribution in [1.29, 1.82) is 0 Å². The standard InChI is InChI=1S/C19H18FNO4/c1-24-18(22)16-13(8-20)21-14-9-25-19(23)17(14)15(16)12-5-3-2-4-11(12)10-6-7-10/h2-5,10,15,21H,6-9H2,1H3/t15-/m0/s1. The number of nitrogens with one attached hydrogen (secondary N) is 1. The number of benzene rings is 1. The van der Waals surface area contributed by atoms with Crippen molar-refractivity contribution in [2.24, 2.45) is 0 Å². The summed E-state index contributed by atoms with van der Waals surface area (Å²) in [6, 6.07) is 7.73.